The molecule has 0 aliphatic heterocycles. The summed E-state index contributed by atoms with van der Waals surface area (Å²) in [6, 6.07) is 10.8. The summed E-state index contributed by atoms with van der Waals surface area (Å²) in [5.74, 6) is -0.436. The second-order valence-corrected chi connectivity index (χ2v) is 4.31. The molecule has 0 unspecified atom stereocenters. The van der Waals surface area contributed by atoms with Crippen molar-refractivity contribution in [2.45, 2.75) is 6.92 Å². The highest BCUT2D eigenvalue weighted by molar-refractivity contribution is 5.90. The summed E-state index contributed by atoms with van der Waals surface area (Å²) in [4.78, 5) is 15.7. The molecule has 0 saturated heterocycles. The van der Waals surface area contributed by atoms with Gasteiger partial charge in [0, 0.05) is 17.8 Å². The van der Waals surface area contributed by atoms with Gasteiger partial charge in [0.15, 0.2) is 0 Å². The van der Waals surface area contributed by atoms with Gasteiger partial charge >= 0.3 is 5.97 Å². The molecule has 0 spiro atoms. The maximum absolute atomic E-state index is 11.5. The molecule has 2 rings (SSSR count). The van der Waals surface area contributed by atoms with Crippen molar-refractivity contribution in [1.29, 1.82) is 0 Å². The van der Waals surface area contributed by atoms with Crippen LogP contribution in [0.4, 0.5) is 5.69 Å². The van der Waals surface area contributed by atoms with E-state index >= 15 is 0 Å². The highest BCUT2D eigenvalue weighted by Crippen LogP contribution is 2.20. The topological polar surface area (TPSA) is 79.1 Å². The average Bonchev–Trinajstić information content (AvgIpc) is 2.45. The molecule has 0 aromatic heterocycles. The Morgan fingerprint density at radius 2 is 1.76 bits per heavy atom. The van der Waals surface area contributed by atoms with Crippen LogP contribution in [0.25, 0.3) is 0 Å². The lowest BCUT2D eigenvalue weighted by Crippen LogP contribution is -2.03. The predicted octanol–water partition coefficient (Wildman–Crippen LogP) is 3.03. The van der Waals surface area contributed by atoms with Gasteiger partial charge in [-0.05, 0) is 43.3 Å². The molecule has 2 aromatic carbocycles. The number of phenolic OH excluding ortho intramolecular Hbond substituents is 2. The van der Waals surface area contributed by atoms with Crippen LogP contribution in [-0.4, -0.2) is 29.0 Å². The minimum Gasteiger partial charge on any atom is -0.508 e. The first-order valence-corrected chi connectivity index (χ1v) is 6.43. The van der Waals surface area contributed by atoms with E-state index in [9.17, 15) is 15.0 Å². The van der Waals surface area contributed by atoms with Gasteiger partial charge in [-0.25, -0.2) is 4.79 Å². The number of benzene rings is 2. The van der Waals surface area contributed by atoms with Crippen LogP contribution in [0.5, 0.6) is 11.5 Å². The molecular weight excluding hydrogens is 270 g/mol. The van der Waals surface area contributed by atoms with Gasteiger partial charge in [-0.15, -0.1) is 0 Å². The van der Waals surface area contributed by atoms with Crippen LogP contribution in [-0.2, 0) is 4.74 Å². The third-order valence-electron chi connectivity index (χ3n) is 2.67. The van der Waals surface area contributed by atoms with Crippen LogP contribution >= 0.6 is 0 Å². The van der Waals surface area contributed by atoms with Crippen molar-refractivity contribution in [1.82, 2.24) is 0 Å². The first-order chi connectivity index (χ1) is 10.1. The Morgan fingerprint density at radius 3 is 2.33 bits per heavy atom. The van der Waals surface area contributed by atoms with Gasteiger partial charge in [0.25, 0.3) is 0 Å². The fourth-order valence-corrected chi connectivity index (χ4v) is 1.74. The zero-order valence-corrected chi connectivity index (χ0v) is 11.5. The van der Waals surface area contributed by atoms with E-state index in [1.807, 2.05) is 0 Å². The summed E-state index contributed by atoms with van der Waals surface area (Å²) in [6.07, 6.45) is 1.51. The highest BCUT2D eigenvalue weighted by atomic mass is 16.5. The molecule has 0 atom stereocenters. The van der Waals surface area contributed by atoms with Crippen LogP contribution < -0.4 is 0 Å². The van der Waals surface area contributed by atoms with Gasteiger partial charge in [-0.1, -0.05) is 0 Å². The smallest absolute Gasteiger partial charge is 0.338 e. The second-order valence-electron chi connectivity index (χ2n) is 4.31. The van der Waals surface area contributed by atoms with Gasteiger partial charge in [0.2, 0.25) is 0 Å². The molecule has 0 aliphatic carbocycles. The number of esters is 1. The number of carbonyl (C=O) groups excluding carboxylic acids is 1. The fourth-order valence-electron chi connectivity index (χ4n) is 1.74. The van der Waals surface area contributed by atoms with Crippen LogP contribution in [0.2, 0.25) is 0 Å². The molecule has 5 nitrogen and oxygen atoms in total. The minimum absolute atomic E-state index is 0.0332. The van der Waals surface area contributed by atoms with E-state index in [1.54, 1.807) is 31.2 Å². The Morgan fingerprint density at radius 1 is 1.14 bits per heavy atom. The predicted molar refractivity (Wildman–Crippen MR) is 79.4 cm³/mol. The number of ether oxygens (including phenoxy) is 1. The van der Waals surface area contributed by atoms with Gasteiger partial charge in [0.1, 0.15) is 11.5 Å². The quantitative estimate of drug-likeness (QED) is 0.668. The summed E-state index contributed by atoms with van der Waals surface area (Å²) in [6.45, 7) is 2.08. The summed E-state index contributed by atoms with van der Waals surface area (Å²) >= 11 is 0. The summed E-state index contributed by atoms with van der Waals surface area (Å²) < 4.78 is 4.89. The molecule has 0 fully saturated rings. The van der Waals surface area contributed by atoms with E-state index in [0.717, 1.165) is 0 Å². The summed E-state index contributed by atoms with van der Waals surface area (Å²) in [5.41, 5.74) is 1.68. The van der Waals surface area contributed by atoms with Crippen molar-refractivity contribution in [2.75, 3.05) is 6.61 Å². The van der Waals surface area contributed by atoms with Crippen molar-refractivity contribution < 1.29 is 19.7 Å². The van der Waals surface area contributed by atoms with Crippen LogP contribution in [0.3, 0.4) is 0 Å². The van der Waals surface area contributed by atoms with Crippen molar-refractivity contribution in [2.24, 2.45) is 4.99 Å². The molecule has 21 heavy (non-hydrogen) atoms. The number of carbonyl (C=O) groups is 1. The lowest BCUT2D eigenvalue weighted by molar-refractivity contribution is 0.0526. The lowest BCUT2D eigenvalue weighted by Gasteiger charge is -2.01. The number of nitrogens with zero attached hydrogens (tertiary/aromatic N) is 1. The lowest BCUT2D eigenvalue weighted by atomic mass is 10.2. The van der Waals surface area contributed by atoms with E-state index in [1.165, 1.54) is 24.4 Å². The number of rotatable bonds is 4. The van der Waals surface area contributed by atoms with Gasteiger partial charge < -0.3 is 14.9 Å². The normalized spacial score (nSPS) is 10.7. The Balaban J connectivity index is 2.12. The number of phenols is 2. The third-order valence-corrected chi connectivity index (χ3v) is 2.67. The average molecular weight is 285 g/mol. The first-order valence-electron chi connectivity index (χ1n) is 6.43. The highest BCUT2D eigenvalue weighted by Gasteiger charge is 2.05. The molecule has 108 valence electrons. The Bertz CT molecular complexity index is 642. The Kier molecular flexibility index (Phi) is 4.56. The minimum atomic E-state index is -0.370. The third kappa shape index (κ3) is 4.07. The second kappa shape index (κ2) is 6.56. The van der Waals surface area contributed by atoms with E-state index in [0.29, 0.717) is 23.4 Å². The maximum atomic E-state index is 11.5. The van der Waals surface area contributed by atoms with Crippen molar-refractivity contribution in [3.8, 4) is 11.5 Å². The van der Waals surface area contributed by atoms with E-state index in [2.05, 4.69) is 4.99 Å². The molecular formula is C16H15NO4. The molecule has 0 bridgehead atoms. The largest absolute Gasteiger partial charge is 0.508 e. The van der Waals surface area contributed by atoms with E-state index < -0.39 is 0 Å². The maximum Gasteiger partial charge on any atom is 0.338 e. The molecule has 0 amide bonds. The van der Waals surface area contributed by atoms with Crippen LogP contribution in [0.15, 0.2) is 47.5 Å². The fraction of sp³-hybridized carbons (Fsp3) is 0.125. The summed E-state index contributed by atoms with van der Waals surface area (Å²) in [7, 11) is 0. The number of hydrogen-bond donors (Lipinski definition) is 2. The van der Waals surface area contributed by atoms with Crippen LogP contribution in [0.1, 0.15) is 22.8 Å². The van der Waals surface area contributed by atoms with E-state index in [4.69, 9.17) is 4.74 Å². The van der Waals surface area contributed by atoms with Gasteiger partial charge in [0.05, 0.1) is 17.9 Å². The standard InChI is InChI=1S/C16H15NO4/c1-2-21-16(20)12-3-5-13(6-4-12)17-10-11-7-14(18)9-15(19)8-11/h3-10,18-19H,2H2,1H3. The molecule has 5 heteroatoms. The Hall–Kier alpha value is -2.82. The number of aromatic hydroxyl groups is 2. The van der Waals surface area contributed by atoms with Crippen molar-refractivity contribution in [3.63, 3.8) is 0 Å². The summed E-state index contributed by atoms with van der Waals surface area (Å²) in [5, 5.41) is 18.7. The zero-order chi connectivity index (χ0) is 15.2. The van der Waals surface area contributed by atoms with Crippen molar-refractivity contribution in [3.05, 3.63) is 53.6 Å². The van der Waals surface area contributed by atoms with Crippen LogP contribution in [0, 0.1) is 0 Å². The molecule has 0 aliphatic rings. The number of hydrogen-bond acceptors (Lipinski definition) is 5. The molecule has 0 radical (unpaired) electrons. The zero-order valence-electron chi connectivity index (χ0n) is 11.5. The number of aliphatic imine (C=N–C) groups is 1. The SMILES string of the molecule is CCOC(=O)c1ccc(N=Cc2cc(O)cc(O)c2)cc1. The Labute approximate surface area is 122 Å². The van der Waals surface area contributed by atoms with Gasteiger partial charge in [-0.3, -0.25) is 4.99 Å². The van der Waals surface area contributed by atoms with Gasteiger partial charge in [-0.2, -0.15) is 0 Å². The molecule has 0 heterocycles. The molecule has 2 aromatic rings. The van der Waals surface area contributed by atoms with E-state index in [-0.39, 0.29) is 17.5 Å². The monoisotopic (exact) mass is 285 g/mol. The molecule has 2 N–H and O–H groups in total. The first kappa shape index (κ1) is 14.6. The van der Waals surface area contributed by atoms with Crippen molar-refractivity contribution >= 4 is 17.9 Å². The molecule has 0 saturated carbocycles.